The third-order valence-electron chi connectivity index (χ3n) is 2.78. The van der Waals surface area contributed by atoms with Gasteiger partial charge >= 0.3 is 0 Å². The highest BCUT2D eigenvalue weighted by Gasteiger charge is 2.18. The Morgan fingerprint density at radius 1 is 1.33 bits per heavy atom. The number of pyridine rings is 1. The van der Waals surface area contributed by atoms with E-state index in [9.17, 15) is 8.42 Å². The van der Waals surface area contributed by atoms with Crippen molar-refractivity contribution in [2.24, 2.45) is 0 Å². The minimum Gasteiger partial charge on any atom is -0.262 e. The van der Waals surface area contributed by atoms with Gasteiger partial charge in [-0.25, -0.2) is 13.1 Å². The van der Waals surface area contributed by atoms with Crippen LogP contribution in [0.1, 0.15) is 12.5 Å². The lowest BCUT2D eigenvalue weighted by Gasteiger charge is -2.14. The maximum absolute atomic E-state index is 12.3. The summed E-state index contributed by atoms with van der Waals surface area (Å²) in [5, 5.41) is 0.638. The first-order valence-corrected chi connectivity index (χ1v) is 8.89. The number of nitrogens with zero attached hydrogens (tertiary/aromatic N) is 1. The molecule has 0 bridgehead atoms. The quantitative estimate of drug-likeness (QED) is 0.852. The van der Waals surface area contributed by atoms with Gasteiger partial charge < -0.3 is 0 Å². The van der Waals surface area contributed by atoms with Gasteiger partial charge in [0.1, 0.15) is 4.90 Å². The van der Waals surface area contributed by atoms with Crippen molar-refractivity contribution in [3.63, 3.8) is 0 Å². The molecular formula is C14H14BrClN2O2S. The summed E-state index contributed by atoms with van der Waals surface area (Å²) in [6, 6.07) is 8.63. The molecule has 0 fully saturated rings. The molecule has 0 amide bonds. The van der Waals surface area contributed by atoms with Crippen LogP contribution in [0.2, 0.25) is 5.02 Å². The highest BCUT2D eigenvalue weighted by atomic mass is 79.9. The molecule has 0 aliphatic rings. The van der Waals surface area contributed by atoms with Gasteiger partial charge in [-0.2, -0.15) is 0 Å². The Morgan fingerprint density at radius 3 is 2.76 bits per heavy atom. The monoisotopic (exact) mass is 388 g/mol. The highest BCUT2D eigenvalue weighted by molar-refractivity contribution is 9.10. The Bertz CT molecular complexity index is 737. The topological polar surface area (TPSA) is 59.1 Å². The number of sulfonamides is 1. The third kappa shape index (κ3) is 4.78. The van der Waals surface area contributed by atoms with Crippen molar-refractivity contribution in [2.75, 3.05) is 0 Å². The van der Waals surface area contributed by atoms with E-state index in [4.69, 9.17) is 11.6 Å². The SMILES string of the molecule is CC(Cc1cccc(Cl)c1)NS(=O)(=O)c1cncc(Br)c1. The summed E-state index contributed by atoms with van der Waals surface area (Å²) in [5.41, 5.74) is 0.977. The van der Waals surface area contributed by atoms with Crippen molar-refractivity contribution in [1.82, 2.24) is 9.71 Å². The van der Waals surface area contributed by atoms with Crippen LogP contribution in [0.4, 0.5) is 0 Å². The van der Waals surface area contributed by atoms with Crippen LogP contribution >= 0.6 is 27.5 Å². The predicted octanol–water partition coefficient (Wildman–Crippen LogP) is 3.41. The molecule has 0 aliphatic heterocycles. The average molecular weight is 390 g/mol. The van der Waals surface area contributed by atoms with Crippen LogP contribution in [-0.4, -0.2) is 19.4 Å². The maximum Gasteiger partial charge on any atom is 0.242 e. The van der Waals surface area contributed by atoms with Gasteiger partial charge in [-0.15, -0.1) is 0 Å². The Balaban J connectivity index is 2.10. The Labute approximate surface area is 137 Å². The van der Waals surface area contributed by atoms with Crippen molar-refractivity contribution in [1.29, 1.82) is 0 Å². The van der Waals surface area contributed by atoms with E-state index in [-0.39, 0.29) is 10.9 Å². The largest absolute Gasteiger partial charge is 0.262 e. The zero-order chi connectivity index (χ0) is 15.5. The van der Waals surface area contributed by atoms with Crippen LogP contribution in [0.5, 0.6) is 0 Å². The summed E-state index contributed by atoms with van der Waals surface area (Å²) < 4.78 is 27.8. The van der Waals surface area contributed by atoms with E-state index >= 15 is 0 Å². The summed E-state index contributed by atoms with van der Waals surface area (Å²) >= 11 is 9.14. The van der Waals surface area contributed by atoms with Crippen molar-refractivity contribution in [3.05, 3.63) is 57.8 Å². The summed E-state index contributed by atoms with van der Waals surface area (Å²) in [5.74, 6) is 0. The minimum atomic E-state index is -3.59. The lowest BCUT2D eigenvalue weighted by Crippen LogP contribution is -2.34. The van der Waals surface area contributed by atoms with Crippen molar-refractivity contribution < 1.29 is 8.42 Å². The van der Waals surface area contributed by atoms with Gasteiger partial charge in [0, 0.05) is 27.9 Å². The summed E-state index contributed by atoms with van der Waals surface area (Å²) in [6.07, 6.45) is 3.41. The standard InChI is InChI=1S/C14H14BrClN2O2S/c1-10(5-11-3-2-4-13(16)6-11)18-21(19,20)14-7-12(15)8-17-9-14/h2-4,6-10,18H,5H2,1H3. The Morgan fingerprint density at radius 2 is 2.10 bits per heavy atom. The molecule has 1 aromatic heterocycles. The van der Waals surface area contributed by atoms with Gasteiger partial charge in [-0.1, -0.05) is 23.7 Å². The molecule has 21 heavy (non-hydrogen) atoms. The lowest BCUT2D eigenvalue weighted by molar-refractivity contribution is 0.559. The molecule has 1 N–H and O–H groups in total. The first kappa shape index (κ1) is 16.4. The molecule has 7 heteroatoms. The minimum absolute atomic E-state index is 0.134. The molecule has 1 unspecified atom stereocenters. The lowest BCUT2D eigenvalue weighted by atomic mass is 10.1. The number of rotatable bonds is 5. The van der Waals surface area contributed by atoms with Crippen LogP contribution < -0.4 is 4.72 Å². The van der Waals surface area contributed by atoms with E-state index in [1.54, 1.807) is 6.07 Å². The fourth-order valence-corrected chi connectivity index (χ4v) is 3.89. The smallest absolute Gasteiger partial charge is 0.242 e. The summed E-state index contributed by atoms with van der Waals surface area (Å²) in [4.78, 5) is 4.00. The van der Waals surface area contributed by atoms with Crippen LogP contribution in [-0.2, 0) is 16.4 Å². The first-order valence-electron chi connectivity index (χ1n) is 6.24. The number of aromatic nitrogens is 1. The highest BCUT2D eigenvalue weighted by Crippen LogP contribution is 2.16. The van der Waals surface area contributed by atoms with Gasteiger partial charge in [0.05, 0.1) is 0 Å². The molecule has 1 heterocycles. The number of hydrogen-bond acceptors (Lipinski definition) is 3. The molecule has 2 rings (SSSR count). The first-order chi connectivity index (χ1) is 9.87. The van der Waals surface area contributed by atoms with Gasteiger partial charge in [-0.05, 0) is 53.0 Å². The Kier molecular flexibility index (Phi) is 5.37. The zero-order valence-electron chi connectivity index (χ0n) is 11.3. The molecule has 112 valence electrons. The van der Waals surface area contributed by atoms with Gasteiger partial charge in [0.15, 0.2) is 0 Å². The van der Waals surface area contributed by atoms with Gasteiger partial charge in [0.25, 0.3) is 0 Å². The third-order valence-corrected chi connectivity index (χ3v) is 5.00. The Hall–Kier alpha value is -0.950. The average Bonchev–Trinajstić information content (AvgIpc) is 2.37. The molecule has 2 aromatic rings. The normalized spacial score (nSPS) is 13.1. The van der Waals surface area contributed by atoms with E-state index in [0.717, 1.165) is 5.56 Å². The van der Waals surface area contributed by atoms with Gasteiger partial charge in [0.2, 0.25) is 10.0 Å². The van der Waals surface area contributed by atoms with Gasteiger partial charge in [-0.3, -0.25) is 4.98 Å². The summed E-state index contributed by atoms with van der Waals surface area (Å²) in [6.45, 7) is 1.81. The van der Waals surface area contributed by atoms with Crippen molar-refractivity contribution in [3.8, 4) is 0 Å². The van der Waals surface area contributed by atoms with E-state index < -0.39 is 10.0 Å². The second-order valence-corrected chi connectivity index (χ2v) is 7.76. The van der Waals surface area contributed by atoms with Crippen LogP contribution in [0.3, 0.4) is 0 Å². The van der Waals surface area contributed by atoms with Crippen LogP contribution in [0.25, 0.3) is 0 Å². The number of benzene rings is 1. The van der Waals surface area contributed by atoms with E-state index in [2.05, 4.69) is 25.6 Å². The zero-order valence-corrected chi connectivity index (χ0v) is 14.4. The molecule has 1 atom stereocenters. The van der Waals surface area contributed by atoms with E-state index in [1.807, 2.05) is 25.1 Å². The summed E-state index contributed by atoms with van der Waals surface area (Å²) in [7, 11) is -3.59. The number of nitrogens with one attached hydrogen (secondary N) is 1. The second-order valence-electron chi connectivity index (χ2n) is 4.70. The van der Waals surface area contributed by atoms with Crippen molar-refractivity contribution in [2.45, 2.75) is 24.3 Å². The molecule has 0 saturated carbocycles. The predicted molar refractivity (Wildman–Crippen MR) is 86.9 cm³/mol. The maximum atomic E-state index is 12.3. The molecular weight excluding hydrogens is 376 g/mol. The molecule has 4 nitrogen and oxygen atoms in total. The van der Waals surface area contributed by atoms with Crippen LogP contribution in [0.15, 0.2) is 52.1 Å². The van der Waals surface area contributed by atoms with Crippen molar-refractivity contribution >= 4 is 37.6 Å². The molecule has 0 aliphatic carbocycles. The second kappa shape index (κ2) is 6.87. The number of halogens is 2. The van der Waals surface area contributed by atoms with E-state index in [0.29, 0.717) is 15.9 Å². The fourth-order valence-electron chi connectivity index (χ4n) is 1.93. The van der Waals surface area contributed by atoms with E-state index in [1.165, 1.54) is 18.5 Å². The van der Waals surface area contributed by atoms with Crippen LogP contribution in [0, 0.1) is 0 Å². The number of hydrogen-bond donors (Lipinski definition) is 1. The molecule has 1 aromatic carbocycles. The molecule has 0 spiro atoms. The molecule has 0 saturated heterocycles. The molecule has 0 radical (unpaired) electrons. The fraction of sp³-hybridized carbons (Fsp3) is 0.214.